The number of rotatable bonds is 7. The molecule has 0 aliphatic carbocycles. The van der Waals surface area contributed by atoms with Crippen molar-refractivity contribution in [3.05, 3.63) is 35.9 Å². The molecule has 0 spiro atoms. The van der Waals surface area contributed by atoms with Crippen molar-refractivity contribution in [3.63, 3.8) is 0 Å². The van der Waals surface area contributed by atoms with Crippen molar-refractivity contribution < 1.29 is 4.79 Å². The third-order valence-electron chi connectivity index (χ3n) is 3.02. The topological polar surface area (TPSA) is 64.9 Å². The van der Waals surface area contributed by atoms with E-state index in [2.05, 4.69) is 16.9 Å². The van der Waals surface area contributed by atoms with Crippen molar-refractivity contribution in [2.45, 2.75) is 45.1 Å². The van der Waals surface area contributed by atoms with Gasteiger partial charge in [-0.05, 0) is 25.0 Å². The predicted octanol–water partition coefficient (Wildman–Crippen LogP) is 2.78. The van der Waals surface area contributed by atoms with Crippen molar-refractivity contribution in [1.82, 2.24) is 10.9 Å². The molecule has 0 radical (unpaired) electrons. The first-order valence-corrected chi connectivity index (χ1v) is 6.71. The van der Waals surface area contributed by atoms with E-state index in [1.807, 2.05) is 32.0 Å². The average Bonchev–Trinajstić information content (AvgIpc) is 2.46. The van der Waals surface area contributed by atoms with E-state index in [1.165, 1.54) is 0 Å². The summed E-state index contributed by atoms with van der Waals surface area (Å²) in [6.45, 7) is 4.06. The molecule has 1 amide bonds. The third kappa shape index (κ3) is 4.38. The van der Waals surface area contributed by atoms with Gasteiger partial charge in [-0.1, -0.05) is 44.9 Å². The van der Waals surface area contributed by atoms with Crippen molar-refractivity contribution >= 4 is 5.91 Å². The van der Waals surface area contributed by atoms with Gasteiger partial charge in [0.2, 0.25) is 0 Å². The zero-order valence-electron chi connectivity index (χ0n) is 11.6. The van der Waals surface area contributed by atoms with Gasteiger partial charge in [0.25, 0.3) is 5.91 Å². The molecular weight excluding hydrogens is 238 g/mol. The first kappa shape index (κ1) is 15.2. The molecule has 102 valence electrons. The second kappa shape index (κ2) is 7.55. The number of hydrazine groups is 1. The van der Waals surface area contributed by atoms with Gasteiger partial charge in [-0.3, -0.25) is 10.2 Å². The number of benzene rings is 1. The Kier molecular flexibility index (Phi) is 6.04. The Bertz CT molecular complexity index is 430. The molecule has 0 atom stereocenters. The summed E-state index contributed by atoms with van der Waals surface area (Å²) in [4.78, 5) is 11.9. The smallest absolute Gasteiger partial charge is 0.265 e. The minimum Gasteiger partial charge on any atom is -0.286 e. The molecule has 1 aromatic rings. The quantitative estimate of drug-likeness (QED) is 0.740. The zero-order chi connectivity index (χ0) is 14.1. The molecule has 0 unspecified atom stereocenters. The predicted molar refractivity (Wildman–Crippen MR) is 75.2 cm³/mol. The third-order valence-corrected chi connectivity index (χ3v) is 3.02. The Morgan fingerprint density at radius 3 is 2.26 bits per heavy atom. The highest BCUT2D eigenvalue weighted by Gasteiger charge is 2.28. The highest BCUT2D eigenvalue weighted by molar-refractivity contribution is 5.93. The molecule has 2 N–H and O–H groups in total. The van der Waals surface area contributed by atoms with E-state index < -0.39 is 5.54 Å². The van der Waals surface area contributed by atoms with Crippen LogP contribution in [-0.2, 0) is 0 Å². The first-order chi connectivity index (χ1) is 9.17. The maximum Gasteiger partial charge on any atom is 0.265 e. The van der Waals surface area contributed by atoms with E-state index in [0.29, 0.717) is 18.4 Å². The number of carbonyl (C=O) groups excluding carboxylic acids is 1. The van der Waals surface area contributed by atoms with Crippen LogP contribution in [0.4, 0.5) is 0 Å². The molecule has 0 aliphatic rings. The summed E-state index contributed by atoms with van der Waals surface area (Å²) in [5.41, 5.74) is 5.48. The van der Waals surface area contributed by atoms with Gasteiger partial charge >= 0.3 is 0 Å². The number of hydrogen-bond acceptors (Lipinski definition) is 3. The summed E-state index contributed by atoms with van der Waals surface area (Å²) in [6.07, 6.45) is 3.21. The van der Waals surface area contributed by atoms with Crippen molar-refractivity contribution in [2.75, 3.05) is 0 Å². The molecule has 1 aromatic carbocycles. The van der Waals surface area contributed by atoms with Crippen molar-refractivity contribution in [3.8, 4) is 6.07 Å². The van der Waals surface area contributed by atoms with Gasteiger partial charge in [-0.25, -0.2) is 5.43 Å². The number of carbonyl (C=O) groups is 1. The Morgan fingerprint density at radius 1 is 1.21 bits per heavy atom. The second-order valence-electron chi connectivity index (χ2n) is 4.64. The number of nitrogens with zero attached hydrogens (tertiary/aromatic N) is 1. The van der Waals surface area contributed by atoms with E-state index in [4.69, 9.17) is 0 Å². The molecule has 4 heteroatoms. The number of hydrogen-bond donors (Lipinski definition) is 2. The average molecular weight is 259 g/mol. The van der Waals surface area contributed by atoms with E-state index in [9.17, 15) is 10.1 Å². The number of nitriles is 1. The lowest BCUT2D eigenvalue weighted by molar-refractivity contribution is 0.0910. The Hall–Kier alpha value is -1.86. The standard InChI is InChI=1S/C15H21N3O/c1-3-10-15(12-16,11-4-2)18-17-14(19)13-8-6-5-7-9-13/h5-9,18H,3-4,10-11H2,1-2H3,(H,17,19). The van der Waals surface area contributed by atoms with Gasteiger partial charge in [0.05, 0.1) is 6.07 Å². The van der Waals surface area contributed by atoms with Crippen LogP contribution < -0.4 is 10.9 Å². The fourth-order valence-corrected chi connectivity index (χ4v) is 2.08. The summed E-state index contributed by atoms with van der Waals surface area (Å²) in [5, 5.41) is 9.36. The minimum atomic E-state index is -0.673. The molecule has 1 rings (SSSR count). The molecule has 0 saturated carbocycles. The number of nitrogens with one attached hydrogen (secondary N) is 2. The van der Waals surface area contributed by atoms with Crippen LogP contribution in [0.1, 0.15) is 49.9 Å². The van der Waals surface area contributed by atoms with Crippen LogP contribution in [0.5, 0.6) is 0 Å². The summed E-state index contributed by atoms with van der Waals surface area (Å²) in [6, 6.07) is 11.3. The van der Waals surface area contributed by atoms with Crippen LogP contribution in [0.2, 0.25) is 0 Å². The Labute approximate surface area is 114 Å². The monoisotopic (exact) mass is 259 g/mol. The van der Waals surface area contributed by atoms with Crippen LogP contribution in [0, 0.1) is 11.3 Å². The van der Waals surface area contributed by atoms with Gasteiger partial charge in [-0.15, -0.1) is 0 Å². The maximum absolute atomic E-state index is 11.9. The number of amides is 1. The lowest BCUT2D eigenvalue weighted by Gasteiger charge is -2.27. The van der Waals surface area contributed by atoms with Crippen molar-refractivity contribution in [2.24, 2.45) is 0 Å². The summed E-state index contributed by atoms with van der Waals surface area (Å²) < 4.78 is 0. The summed E-state index contributed by atoms with van der Waals surface area (Å²) in [5.74, 6) is -0.215. The second-order valence-corrected chi connectivity index (χ2v) is 4.64. The van der Waals surface area contributed by atoms with Crippen LogP contribution in [0.3, 0.4) is 0 Å². The molecule has 0 saturated heterocycles. The van der Waals surface area contributed by atoms with Crippen LogP contribution >= 0.6 is 0 Å². The lowest BCUT2D eigenvalue weighted by atomic mass is 9.91. The molecular formula is C15H21N3O. The van der Waals surface area contributed by atoms with Crippen molar-refractivity contribution in [1.29, 1.82) is 5.26 Å². The molecule has 0 heterocycles. The van der Waals surface area contributed by atoms with Crippen LogP contribution in [-0.4, -0.2) is 11.4 Å². The molecule has 4 nitrogen and oxygen atoms in total. The van der Waals surface area contributed by atoms with Gasteiger partial charge in [0.15, 0.2) is 0 Å². The van der Waals surface area contributed by atoms with Gasteiger partial charge in [0, 0.05) is 5.56 Å². The van der Waals surface area contributed by atoms with E-state index in [1.54, 1.807) is 12.1 Å². The molecule has 0 fully saturated rings. The fourth-order valence-electron chi connectivity index (χ4n) is 2.08. The normalized spacial score (nSPS) is 10.8. The summed E-state index contributed by atoms with van der Waals surface area (Å²) >= 11 is 0. The van der Waals surface area contributed by atoms with Crippen LogP contribution in [0.25, 0.3) is 0 Å². The zero-order valence-corrected chi connectivity index (χ0v) is 11.6. The van der Waals surface area contributed by atoms with Gasteiger partial charge in [-0.2, -0.15) is 5.26 Å². The maximum atomic E-state index is 11.9. The molecule has 0 bridgehead atoms. The molecule has 19 heavy (non-hydrogen) atoms. The minimum absolute atomic E-state index is 0.215. The van der Waals surface area contributed by atoms with Gasteiger partial charge < -0.3 is 0 Å². The largest absolute Gasteiger partial charge is 0.286 e. The van der Waals surface area contributed by atoms with E-state index >= 15 is 0 Å². The highest BCUT2D eigenvalue weighted by atomic mass is 16.2. The highest BCUT2D eigenvalue weighted by Crippen LogP contribution is 2.18. The molecule has 0 aliphatic heterocycles. The first-order valence-electron chi connectivity index (χ1n) is 6.71. The summed E-state index contributed by atoms with van der Waals surface area (Å²) in [7, 11) is 0. The SMILES string of the molecule is CCCC(C#N)(CCC)NNC(=O)c1ccccc1. The van der Waals surface area contributed by atoms with Crippen LogP contribution in [0.15, 0.2) is 30.3 Å². The molecule has 0 aromatic heterocycles. The van der Waals surface area contributed by atoms with E-state index in [-0.39, 0.29) is 5.91 Å². The lowest BCUT2D eigenvalue weighted by Crippen LogP contribution is -2.53. The fraction of sp³-hybridized carbons (Fsp3) is 0.467. The Balaban J connectivity index is 2.66. The Morgan fingerprint density at radius 2 is 1.79 bits per heavy atom. The van der Waals surface area contributed by atoms with E-state index in [0.717, 1.165) is 12.8 Å². The van der Waals surface area contributed by atoms with Gasteiger partial charge in [0.1, 0.15) is 5.54 Å².